The minimum atomic E-state index is -2.11. The van der Waals surface area contributed by atoms with Gasteiger partial charge in [0.1, 0.15) is 109 Å². The van der Waals surface area contributed by atoms with Crippen molar-refractivity contribution in [2.45, 2.75) is 98.5 Å². The molecule has 446 valence electrons. The predicted octanol–water partition coefficient (Wildman–Crippen LogP) is 0.0135. The molecule has 0 radical (unpaired) electrons. The second kappa shape index (κ2) is 26.8. The lowest BCUT2D eigenvalue weighted by Gasteiger charge is -2.45. The topological polar surface area (TPSA) is 422 Å². The fourth-order valence-corrected chi connectivity index (χ4v) is 8.82. The molecule has 12 N–H and O–H groups in total. The van der Waals surface area contributed by atoms with Crippen LogP contribution in [0.15, 0.2) is 90.7 Å². The average molecular weight is 1170 g/mol. The van der Waals surface area contributed by atoms with Gasteiger partial charge in [-0.2, -0.15) is 0 Å². The lowest BCUT2D eigenvalue weighted by Crippen LogP contribution is -2.63. The van der Waals surface area contributed by atoms with Gasteiger partial charge < -0.3 is 118 Å². The summed E-state index contributed by atoms with van der Waals surface area (Å²) in [7, 11) is 2.57. The summed E-state index contributed by atoms with van der Waals surface area (Å²) >= 11 is 0. The third-order valence-electron chi connectivity index (χ3n) is 13.2. The highest BCUT2D eigenvalue weighted by Gasteiger charge is 2.52. The lowest BCUT2D eigenvalue weighted by atomic mass is 9.97. The van der Waals surface area contributed by atoms with Crippen LogP contribution in [-0.2, 0) is 57.1 Å². The van der Waals surface area contributed by atoms with Crippen molar-refractivity contribution in [2.24, 2.45) is 0 Å². The van der Waals surface area contributed by atoms with Crippen molar-refractivity contribution in [3.8, 4) is 46.0 Å². The molecule has 3 saturated heterocycles. The van der Waals surface area contributed by atoms with Gasteiger partial charge in [0.25, 0.3) is 0 Å². The number of carbonyl (C=O) groups excluding carboxylic acids is 3. The molecule has 0 amide bonds. The summed E-state index contributed by atoms with van der Waals surface area (Å²) < 4.78 is 69.0. The van der Waals surface area contributed by atoms with Gasteiger partial charge in [0, 0.05) is 29.8 Å². The number of benzene rings is 4. The van der Waals surface area contributed by atoms with E-state index in [1.165, 1.54) is 93.1 Å². The molecule has 0 saturated carbocycles. The summed E-state index contributed by atoms with van der Waals surface area (Å²) in [5.74, 6) is -6.70. The van der Waals surface area contributed by atoms with E-state index in [1.807, 2.05) is 0 Å². The molecule has 8 rings (SSSR count). The molecular formula is C55H58O28. The van der Waals surface area contributed by atoms with Gasteiger partial charge in [-0.3, -0.25) is 9.59 Å². The van der Waals surface area contributed by atoms with Gasteiger partial charge in [0.2, 0.25) is 18.3 Å². The van der Waals surface area contributed by atoms with Crippen molar-refractivity contribution in [1.82, 2.24) is 0 Å². The minimum Gasteiger partial charge on any atom is -0.508 e. The maximum Gasteiger partial charge on any atom is 0.331 e. The number of ether oxygens (including phenoxy) is 12. The van der Waals surface area contributed by atoms with Crippen molar-refractivity contribution >= 4 is 42.1 Å². The Morgan fingerprint density at radius 2 is 1.20 bits per heavy atom. The third kappa shape index (κ3) is 14.7. The smallest absolute Gasteiger partial charge is 0.331 e. The number of phenols is 4. The van der Waals surface area contributed by atoms with Crippen molar-refractivity contribution in [3.05, 3.63) is 113 Å². The van der Waals surface area contributed by atoms with Crippen LogP contribution in [0.3, 0.4) is 0 Å². The van der Waals surface area contributed by atoms with E-state index in [1.54, 1.807) is 0 Å². The number of hydrogen-bond donors (Lipinski definition) is 12. The SMILES string of the molecule is COc1cc(C=CC(=O)OC2C(OC3C(OC4=Cc5c(cc(O)cc5OC5OC(COC(=O)CC(=O)O)C(O)C(O)C5O)OC4c4ccc(O)cc4)OC(COC(=O)C=Cc4ccc(O)cc4)C(O)C3O)OCC(O)C2O)cc(OC)c1O. The number of carboxylic acids is 1. The van der Waals surface area contributed by atoms with Crippen molar-refractivity contribution in [3.63, 3.8) is 0 Å². The van der Waals surface area contributed by atoms with Crippen LogP contribution in [0.4, 0.5) is 0 Å². The number of esters is 3. The van der Waals surface area contributed by atoms with Gasteiger partial charge in [-0.1, -0.05) is 24.3 Å². The number of aliphatic hydroxyl groups excluding tert-OH is 7. The number of aromatic hydroxyl groups is 4. The second-order valence-electron chi connectivity index (χ2n) is 18.9. The first-order valence-electron chi connectivity index (χ1n) is 25.2. The van der Waals surface area contributed by atoms with Gasteiger partial charge in [0.15, 0.2) is 36.1 Å². The van der Waals surface area contributed by atoms with E-state index in [4.69, 9.17) is 61.9 Å². The Morgan fingerprint density at radius 1 is 0.602 bits per heavy atom. The number of fused-ring (bicyclic) bond motifs is 1. The van der Waals surface area contributed by atoms with E-state index in [-0.39, 0.29) is 62.7 Å². The fourth-order valence-electron chi connectivity index (χ4n) is 8.82. The molecule has 0 spiro atoms. The monoisotopic (exact) mass is 1170 g/mol. The number of aliphatic hydroxyl groups is 7. The van der Waals surface area contributed by atoms with Gasteiger partial charge in [-0.15, -0.1) is 0 Å². The summed E-state index contributed by atoms with van der Waals surface area (Å²) in [6, 6.07) is 16.1. The molecule has 28 nitrogen and oxygen atoms in total. The van der Waals surface area contributed by atoms with E-state index in [0.29, 0.717) is 5.56 Å². The summed E-state index contributed by atoms with van der Waals surface area (Å²) in [6.45, 7) is -2.22. The van der Waals surface area contributed by atoms with Crippen LogP contribution >= 0.6 is 0 Å². The lowest BCUT2D eigenvalue weighted by molar-refractivity contribution is -0.353. The van der Waals surface area contributed by atoms with Crippen LogP contribution in [0, 0.1) is 0 Å². The maximum atomic E-state index is 13.5. The van der Waals surface area contributed by atoms with Crippen LogP contribution in [0.5, 0.6) is 46.0 Å². The molecule has 3 fully saturated rings. The van der Waals surface area contributed by atoms with E-state index in [0.717, 1.165) is 24.3 Å². The molecule has 0 bridgehead atoms. The molecule has 4 aromatic rings. The first-order chi connectivity index (χ1) is 39.6. The molecule has 4 heterocycles. The van der Waals surface area contributed by atoms with E-state index < -0.39 is 148 Å². The highest BCUT2D eigenvalue weighted by atomic mass is 16.8. The molecule has 4 aliphatic rings. The zero-order valence-corrected chi connectivity index (χ0v) is 43.7. The first-order valence-corrected chi connectivity index (χ1v) is 25.2. The third-order valence-corrected chi connectivity index (χ3v) is 13.2. The quantitative estimate of drug-likeness (QED) is 0.0240. The Labute approximate surface area is 469 Å². The van der Waals surface area contributed by atoms with Crippen LogP contribution in [-0.4, -0.2) is 205 Å². The highest BCUT2D eigenvalue weighted by Crippen LogP contribution is 2.46. The van der Waals surface area contributed by atoms with Gasteiger partial charge in [0.05, 0.1) is 26.4 Å². The van der Waals surface area contributed by atoms with Crippen LogP contribution in [0.1, 0.15) is 34.8 Å². The zero-order valence-electron chi connectivity index (χ0n) is 43.7. The molecule has 15 unspecified atom stereocenters. The Morgan fingerprint density at radius 3 is 1.86 bits per heavy atom. The second-order valence-corrected chi connectivity index (χ2v) is 18.9. The molecular weight excluding hydrogens is 1110 g/mol. The van der Waals surface area contributed by atoms with Crippen molar-refractivity contribution < 1.29 is 137 Å². The van der Waals surface area contributed by atoms with Crippen molar-refractivity contribution in [1.29, 1.82) is 0 Å². The van der Waals surface area contributed by atoms with Gasteiger partial charge in [-0.25, -0.2) is 9.59 Å². The van der Waals surface area contributed by atoms with Crippen LogP contribution < -0.4 is 18.9 Å². The zero-order chi connectivity index (χ0) is 59.8. The number of methoxy groups -OCH3 is 2. The summed E-state index contributed by atoms with van der Waals surface area (Å²) in [5, 5.41) is 128. The largest absolute Gasteiger partial charge is 0.508 e. The number of carbonyl (C=O) groups is 4. The maximum absolute atomic E-state index is 13.5. The molecule has 28 heteroatoms. The minimum absolute atomic E-state index is 0.00715. The standard InChI is InChI=1S/C55H58O28/c1-72-34-15-25(16-35(73-2)44(34)66)6-14-41(63)82-51-43(65)31(59)21-76-54(51)83-52-48(70)46(68)38(22-74-40(62)13-5-24-3-9-27(56)10-4-24)81-55(52)79-36-19-30-32(77-50(36)26-7-11-28(57)12-8-26)17-29(58)18-33(30)78-53-49(71)47(69)45(67)37(80-53)23-75-42(64)20-39(60)61/h3-19,31,37-38,43,45-59,65-71H,20-23H2,1-2H3,(H,60,61). The highest BCUT2D eigenvalue weighted by molar-refractivity contribution is 5.90. The molecule has 15 atom stereocenters. The van der Waals surface area contributed by atoms with E-state index in [9.17, 15) is 75.3 Å². The Hall–Kier alpha value is -8.26. The fraction of sp³-hybridized carbons (Fsp3) is 0.382. The number of hydrogen-bond acceptors (Lipinski definition) is 27. The molecule has 4 aromatic carbocycles. The Balaban J connectivity index is 1.13. The number of rotatable bonds is 20. The predicted molar refractivity (Wildman–Crippen MR) is 275 cm³/mol. The first kappa shape index (κ1) is 60.8. The Kier molecular flexibility index (Phi) is 19.6. The van der Waals surface area contributed by atoms with E-state index >= 15 is 0 Å². The summed E-state index contributed by atoms with van der Waals surface area (Å²) in [4.78, 5) is 49.6. The van der Waals surface area contributed by atoms with Crippen LogP contribution in [0.25, 0.3) is 18.2 Å². The normalized spacial score (nSPS) is 28.7. The Bertz CT molecular complexity index is 3010. The molecule has 0 aliphatic carbocycles. The summed E-state index contributed by atoms with van der Waals surface area (Å²) in [6.07, 6.45) is -23.3. The van der Waals surface area contributed by atoms with Crippen LogP contribution in [0.2, 0.25) is 0 Å². The number of aliphatic carboxylic acids is 1. The summed E-state index contributed by atoms with van der Waals surface area (Å²) in [5.41, 5.74) is 0.908. The average Bonchev–Trinajstić information content (AvgIpc) is 3.42. The number of phenolic OH excluding ortho intramolecular Hbond substituents is 4. The van der Waals surface area contributed by atoms with Gasteiger partial charge in [-0.05, 0) is 65.8 Å². The van der Waals surface area contributed by atoms with Gasteiger partial charge >= 0.3 is 23.9 Å². The van der Waals surface area contributed by atoms with Crippen molar-refractivity contribution in [2.75, 3.05) is 34.0 Å². The molecule has 83 heavy (non-hydrogen) atoms. The molecule has 0 aromatic heterocycles. The number of carboxylic acid groups (broad SMARTS) is 1. The van der Waals surface area contributed by atoms with E-state index in [2.05, 4.69) is 0 Å². The molecule has 4 aliphatic heterocycles.